The van der Waals surface area contributed by atoms with Gasteiger partial charge in [0, 0.05) is 18.8 Å². The van der Waals surface area contributed by atoms with E-state index in [1.54, 1.807) is 0 Å². The Kier molecular flexibility index (Phi) is 2.98. The van der Waals surface area contributed by atoms with Crippen LogP contribution in [0.5, 0.6) is 0 Å². The van der Waals surface area contributed by atoms with Crippen LogP contribution in [0.3, 0.4) is 0 Å². The molecule has 0 aliphatic heterocycles. The van der Waals surface area contributed by atoms with E-state index in [9.17, 15) is 0 Å². The topological polar surface area (TPSA) is 29.9 Å². The highest BCUT2D eigenvalue weighted by Crippen LogP contribution is 2.33. The Morgan fingerprint density at radius 1 is 1.53 bits per heavy atom. The van der Waals surface area contributed by atoms with Gasteiger partial charge in [-0.2, -0.15) is 0 Å². The Balaban J connectivity index is 1.99. The molecule has 0 amide bonds. The molecule has 1 aliphatic rings. The molecule has 1 saturated carbocycles. The van der Waals surface area contributed by atoms with Crippen LogP contribution in [0.1, 0.15) is 38.8 Å². The number of nitrogens with zero attached hydrogens (tertiary/aromatic N) is 2. The maximum absolute atomic E-state index is 4.50. The zero-order valence-corrected chi connectivity index (χ0v) is 9.95. The van der Waals surface area contributed by atoms with E-state index in [2.05, 4.69) is 41.8 Å². The highest BCUT2D eigenvalue weighted by molar-refractivity contribution is 5.29. The van der Waals surface area contributed by atoms with Crippen LogP contribution in [0, 0.1) is 12.8 Å². The summed E-state index contributed by atoms with van der Waals surface area (Å²) in [6, 6.07) is 0.450. The van der Waals surface area contributed by atoms with Crippen LogP contribution < -0.4 is 5.32 Å². The summed E-state index contributed by atoms with van der Waals surface area (Å²) in [7, 11) is 0. The predicted molar refractivity (Wildman–Crippen MR) is 63.1 cm³/mol. The highest BCUT2D eigenvalue weighted by Gasteiger charge is 2.21. The van der Waals surface area contributed by atoms with Crippen LogP contribution in [-0.2, 0) is 6.54 Å². The second-order valence-electron chi connectivity index (χ2n) is 4.93. The van der Waals surface area contributed by atoms with Crippen LogP contribution in [0.2, 0.25) is 0 Å². The molecule has 1 aromatic rings. The van der Waals surface area contributed by atoms with Gasteiger partial charge in [0.1, 0.15) is 0 Å². The molecule has 1 N–H and O–H groups in total. The van der Waals surface area contributed by atoms with E-state index < -0.39 is 0 Å². The van der Waals surface area contributed by atoms with E-state index in [0.29, 0.717) is 6.04 Å². The van der Waals surface area contributed by atoms with Crippen molar-refractivity contribution in [3.63, 3.8) is 0 Å². The minimum absolute atomic E-state index is 0.450. The molecule has 0 unspecified atom stereocenters. The van der Waals surface area contributed by atoms with Gasteiger partial charge in [-0.05, 0) is 33.1 Å². The lowest BCUT2D eigenvalue weighted by molar-refractivity contribution is 0.597. The number of imidazole rings is 1. The van der Waals surface area contributed by atoms with Gasteiger partial charge in [-0.25, -0.2) is 4.98 Å². The normalized spacial score (nSPS) is 16.0. The number of rotatable bonds is 5. The smallest absolute Gasteiger partial charge is 0.203 e. The first-order valence-corrected chi connectivity index (χ1v) is 5.95. The lowest BCUT2D eigenvalue weighted by Crippen LogP contribution is -2.14. The van der Waals surface area contributed by atoms with Crippen molar-refractivity contribution in [1.82, 2.24) is 9.55 Å². The number of anilines is 1. The molecule has 1 aromatic heterocycles. The van der Waals surface area contributed by atoms with E-state index in [0.717, 1.165) is 24.1 Å². The van der Waals surface area contributed by atoms with Crippen molar-refractivity contribution in [3.8, 4) is 0 Å². The quantitative estimate of drug-likeness (QED) is 0.804. The Labute approximate surface area is 91.9 Å². The Bertz CT molecular complexity index is 324. The first-order chi connectivity index (χ1) is 7.15. The molecule has 0 saturated heterocycles. The lowest BCUT2D eigenvalue weighted by atomic mass is 10.3. The van der Waals surface area contributed by atoms with E-state index >= 15 is 0 Å². The van der Waals surface area contributed by atoms with Crippen LogP contribution in [-0.4, -0.2) is 15.6 Å². The fourth-order valence-electron chi connectivity index (χ4n) is 1.82. The molecule has 15 heavy (non-hydrogen) atoms. The van der Waals surface area contributed by atoms with Gasteiger partial charge in [-0.3, -0.25) is 0 Å². The molecule has 0 spiro atoms. The summed E-state index contributed by atoms with van der Waals surface area (Å²) in [5, 5.41) is 3.39. The molecule has 2 rings (SSSR count). The summed E-state index contributed by atoms with van der Waals surface area (Å²) in [6.07, 6.45) is 6.32. The van der Waals surface area contributed by atoms with Gasteiger partial charge >= 0.3 is 0 Å². The molecule has 1 aliphatic carbocycles. The zero-order valence-electron chi connectivity index (χ0n) is 9.95. The molecule has 0 bridgehead atoms. The monoisotopic (exact) mass is 207 g/mol. The number of aromatic nitrogens is 2. The molecule has 0 radical (unpaired) electrons. The minimum Gasteiger partial charge on any atom is -0.353 e. The zero-order chi connectivity index (χ0) is 10.8. The second-order valence-corrected chi connectivity index (χ2v) is 4.93. The molecule has 0 atom stereocenters. The summed E-state index contributed by atoms with van der Waals surface area (Å²) in [5.41, 5.74) is 1.11. The maximum atomic E-state index is 4.50. The predicted octanol–water partition coefficient (Wildman–Crippen LogP) is 2.81. The van der Waals surface area contributed by atoms with Gasteiger partial charge in [0.05, 0.1) is 5.69 Å². The van der Waals surface area contributed by atoms with Crippen molar-refractivity contribution in [2.45, 2.75) is 52.6 Å². The average molecular weight is 207 g/mol. The molecule has 1 heterocycles. The first kappa shape index (κ1) is 10.5. The van der Waals surface area contributed by atoms with E-state index in [1.807, 2.05) is 0 Å². The number of nitrogens with one attached hydrogen (secondary N) is 1. The number of hydrogen-bond acceptors (Lipinski definition) is 2. The van der Waals surface area contributed by atoms with Crippen molar-refractivity contribution >= 4 is 5.95 Å². The maximum Gasteiger partial charge on any atom is 0.203 e. The van der Waals surface area contributed by atoms with Gasteiger partial charge in [0.15, 0.2) is 0 Å². The van der Waals surface area contributed by atoms with Gasteiger partial charge in [0.2, 0.25) is 5.95 Å². The van der Waals surface area contributed by atoms with Gasteiger partial charge in [-0.1, -0.05) is 12.8 Å². The molecular formula is C12H21N3. The fraction of sp³-hybridized carbons (Fsp3) is 0.750. The van der Waals surface area contributed by atoms with Crippen molar-refractivity contribution in [2.75, 3.05) is 5.32 Å². The third-order valence-electron chi connectivity index (χ3n) is 2.79. The van der Waals surface area contributed by atoms with Crippen molar-refractivity contribution in [2.24, 2.45) is 5.92 Å². The molecule has 3 nitrogen and oxygen atoms in total. The summed E-state index contributed by atoms with van der Waals surface area (Å²) >= 11 is 0. The molecular weight excluding hydrogens is 186 g/mol. The van der Waals surface area contributed by atoms with Crippen molar-refractivity contribution in [1.29, 1.82) is 0 Å². The molecule has 3 heteroatoms. The lowest BCUT2D eigenvalue weighted by Gasteiger charge is -2.11. The molecule has 0 aromatic carbocycles. The van der Waals surface area contributed by atoms with E-state index in [-0.39, 0.29) is 0 Å². The summed E-state index contributed by atoms with van der Waals surface area (Å²) in [6.45, 7) is 7.46. The largest absolute Gasteiger partial charge is 0.353 e. The molecule has 1 fully saturated rings. The SMILES string of the molecule is Cc1cn(CCC2CC2)c(NC(C)C)n1. The highest BCUT2D eigenvalue weighted by atomic mass is 15.2. The van der Waals surface area contributed by atoms with Gasteiger partial charge < -0.3 is 9.88 Å². The summed E-state index contributed by atoms with van der Waals surface area (Å²) < 4.78 is 2.26. The van der Waals surface area contributed by atoms with Gasteiger partial charge in [0.25, 0.3) is 0 Å². The number of hydrogen-bond donors (Lipinski definition) is 1. The first-order valence-electron chi connectivity index (χ1n) is 5.95. The van der Waals surface area contributed by atoms with Crippen LogP contribution >= 0.6 is 0 Å². The third-order valence-corrected chi connectivity index (χ3v) is 2.79. The standard InChI is InChI=1S/C12H21N3/c1-9(2)13-12-14-10(3)8-15(12)7-6-11-4-5-11/h8-9,11H,4-7H2,1-3H3,(H,13,14). The number of aryl methyl sites for hydroxylation is 2. The van der Waals surface area contributed by atoms with Crippen LogP contribution in [0.15, 0.2) is 6.20 Å². The Morgan fingerprint density at radius 2 is 2.27 bits per heavy atom. The van der Waals surface area contributed by atoms with Crippen molar-refractivity contribution in [3.05, 3.63) is 11.9 Å². The minimum atomic E-state index is 0.450. The summed E-state index contributed by atoms with van der Waals surface area (Å²) in [5.74, 6) is 2.02. The van der Waals surface area contributed by atoms with Crippen LogP contribution in [0.25, 0.3) is 0 Å². The van der Waals surface area contributed by atoms with E-state index in [1.165, 1.54) is 19.3 Å². The third kappa shape index (κ3) is 2.98. The van der Waals surface area contributed by atoms with Gasteiger partial charge in [-0.15, -0.1) is 0 Å². The van der Waals surface area contributed by atoms with E-state index in [4.69, 9.17) is 0 Å². The Hall–Kier alpha value is -0.990. The Morgan fingerprint density at radius 3 is 2.87 bits per heavy atom. The summed E-state index contributed by atoms with van der Waals surface area (Å²) in [4.78, 5) is 4.50. The molecule has 84 valence electrons. The second kappa shape index (κ2) is 4.25. The average Bonchev–Trinajstić information content (AvgIpc) is 2.89. The van der Waals surface area contributed by atoms with Crippen LogP contribution in [0.4, 0.5) is 5.95 Å². The fourth-order valence-corrected chi connectivity index (χ4v) is 1.82. The van der Waals surface area contributed by atoms with Crippen molar-refractivity contribution < 1.29 is 0 Å².